The third-order valence-electron chi connectivity index (χ3n) is 3.79. The lowest BCUT2D eigenvalue weighted by molar-refractivity contribution is 0.0148. The van der Waals surface area contributed by atoms with Crippen LogP contribution >= 0.6 is 0 Å². The summed E-state index contributed by atoms with van der Waals surface area (Å²) >= 11 is 0. The lowest BCUT2D eigenvalue weighted by Gasteiger charge is -2.28. The summed E-state index contributed by atoms with van der Waals surface area (Å²) in [5, 5.41) is 13.1. The topological polar surface area (TPSA) is 74.9 Å². The van der Waals surface area contributed by atoms with E-state index in [0.717, 1.165) is 13.1 Å². The largest absolute Gasteiger partial charge is 0.448 e. The second-order valence-corrected chi connectivity index (χ2v) is 5.55. The molecule has 1 aliphatic heterocycles. The normalized spacial score (nSPS) is 17.3. The number of para-hydroxylation sites is 1. The third-order valence-corrected chi connectivity index (χ3v) is 3.79. The maximum Gasteiger partial charge on any atom is 0.287 e. The van der Waals surface area contributed by atoms with Crippen molar-refractivity contribution in [1.82, 2.24) is 10.2 Å². The molecule has 1 atom stereocenters. The highest BCUT2D eigenvalue weighted by atomic mass is 19.1. The second-order valence-electron chi connectivity index (χ2n) is 5.55. The van der Waals surface area contributed by atoms with Crippen LogP contribution in [0.3, 0.4) is 0 Å². The molecule has 0 bridgehead atoms. The van der Waals surface area contributed by atoms with Gasteiger partial charge in [0.05, 0.1) is 19.3 Å². The Morgan fingerprint density at radius 3 is 2.91 bits per heavy atom. The summed E-state index contributed by atoms with van der Waals surface area (Å²) < 4.78 is 24.0. The molecule has 1 aliphatic rings. The molecule has 1 unspecified atom stereocenters. The van der Waals surface area contributed by atoms with Crippen LogP contribution in [-0.4, -0.2) is 61.4 Å². The van der Waals surface area contributed by atoms with Gasteiger partial charge in [-0.2, -0.15) is 0 Å². The fourth-order valence-electron chi connectivity index (χ4n) is 2.58. The van der Waals surface area contributed by atoms with Crippen molar-refractivity contribution >= 4 is 16.9 Å². The molecular weight excluding hydrogens is 303 g/mol. The molecule has 124 valence electrons. The number of nitrogens with zero attached hydrogens (tertiary/aromatic N) is 1. The number of β-amino-alcohol motifs (C(OH)–C–C–N with tert-alkyl or cyclic N) is 1. The van der Waals surface area contributed by atoms with Crippen molar-refractivity contribution in [2.24, 2.45) is 0 Å². The average Bonchev–Trinajstić information content (AvgIpc) is 2.99. The first kappa shape index (κ1) is 15.9. The Hall–Kier alpha value is -1.96. The molecule has 3 rings (SSSR count). The highest BCUT2D eigenvalue weighted by molar-refractivity contribution is 5.96. The standard InChI is InChI=1S/C16H19FN2O4/c17-13-3-1-2-11-8-14(23-15(11)13)16(21)18-9-12(20)10-19-4-6-22-7-5-19/h1-3,8,12,20H,4-7,9-10H2,(H,18,21). The van der Waals surface area contributed by atoms with Gasteiger partial charge in [0.2, 0.25) is 0 Å². The monoisotopic (exact) mass is 322 g/mol. The van der Waals surface area contributed by atoms with Gasteiger partial charge in [-0.25, -0.2) is 4.39 Å². The van der Waals surface area contributed by atoms with E-state index in [4.69, 9.17) is 9.15 Å². The van der Waals surface area contributed by atoms with Gasteiger partial charge in [-0.3, -0.25) is 9.69 Å². The van der Waals surface area contributed by atoms with E-state index in [1.807, 2.05) is 0 Å². The Bertz CT molecular complexity index is 682. The molecule has 0 radical (unpaired) electrons. The molecule has 0 saturated carbocycles. The van der Waals surface area contributed by atoms with Gasteiger partial charge in [-0.15, -0.1) is 0 Å². The molecule has 1 amide bonds. The predicted octanol–water partition coefficient (Wildman–Crippen LogP) is 0.995. The number of benzene rings is 1. The van der Waals surface area contributed by atoms with E-state index in [1.54, 1.807) is 12.1 Å². The maximum atomic E-state index is 13.6. The molecule has 1 aromatic heterocycles. The minimum atomic E-state index is -0.682. The van der Waals surface area contributed by atoms with Crippen LogP contribution in [-0.2, 0) is 4.74 Å². The van der Waals surface area contributed by atoms with Crippen molar-refractivity contribution in [2.75, 3.05) is 39.4 Å². The van der Waals surface area contributed by atoms with Crippen LogP contribution in [0.5, 0.6) is 0 Å². The summed E-state index contributed by atoms with van der Waals surface area (Å²) in [4.78, 5) is 14.1. The van der Waals surface area contributed by atoms with E-state index in [0.29, 0.717) is 25.1 Å². The Morgan fingerprint density at radius 2 is 2.17 bits per heavy atom. The Morgan fingerprint density at radius 1 is 1.39 bits per heavy atom. The number of hydrogen-bond acceptors (Lipinski definition) is 5. The fourth-order valence-corrected chi connectivity index (χ4v) is 2.58. The number of aliphatic hydroxyl groups is 1. The molecule has 2 aromatic rings. The van der Waals surface area contributed by atoms with Crippen LogP contribution in [0.1, 0.15) is 10.6 Å². The summed E-state index contributed by atoms with van der Waals surface area (Å²) in [5.74, 6) is -0.945. The van der Waals surface area contributed by atoms with Crippen molar-refractivity contribution in [2.45, 2.75) is 6.10 Å². The first-order chi connectivity index (χ1) is 11.1. The molecule has 7 heteroatoms. The van der Waals surface area contributed by atoms with Crippen LogP contribution in [0.25, 0.3) is 11.0 Å². The Labute approximate surface area is 132 Å². The lowest BCUT2D eigenvalue weighted by Crippen LogP contribution is -2.44. The van der Waals surface area contributed by atoms with Crippen LogP contribution < -0.4 is 5.32 Å². The third kappa shape index (κ3) is 3.87. The Balaban J connectivity index is 1.54. The van der Waals surface area contributed by atoms with Gasteiger partial charge < -0.3 is 19.6 Å². The van der Waals surface area contributed by atoms with Crippen LogP contribution in [0.2, 0.25) is 0 Å². The number of furan rings is 1. The van der Waals surface area contributed by atoms with Crippen molar-refractivity contribution in [3.05, 3.63) is 35.8 Å². The van der Waals surface area contributed by atoms with Crippen molar-refractivity contribution in [1.29, 1.82) is 0 Å². The average molecular weight is 322 g/mol. The number of amides is 1. The van der Waals surface area contributed by atoms with Crippen molar-refractivity contribution in [3.8, 4) is 0 Å². The molecule has 1 saturated heterocycles. The summed E-state index contributed by atoms with van der Waals surface area (Å²) in [6.07, 6.45) is -0.682. The number of fused-ring (bicyclic) bond motifs is 1. The van der Waals surface area contributed by atoms with Crippen LogP contribution in [0.15, 0.2) is 28.7 Å². The molecule has 6 nitrogen and oxygen atoms in total. The fraction of sp³-hybridized carbons (Fsp3) is 0.438. The van der Waals surface area contributed by atoms with Gasteiger partial charge in [0.15, 0.2) is 17.2 Å². The minimum absolute atomic E-state index is 0.0312. The quantitative estimate of drug-likeness (QED) is 0.859. The SMILES string of the molecule is O=C(NCC(O)CN1CCOCC1)c1cc2cccc(F)c2o1. The molecule has 1 aromatic carbocycles. The zero-order valence-electron chi connectivity index (χ0n) is 12.6. The lowest BCUT2D eigenvalue weighted by atomic mass is 10.2. The zero-order valence-corrected chi connectivity index (χ0v) is 12.6. The van der Waals surface area contributed by atoms with Gasteiger partial charge in [0, 0.05) is 31.6 Å². The maximum absolute atomic E-state index is 13.6. The number of aliphatic hydroxyl groups excluding tert-OH is 1. The van der Waals surface area contributed by atoms with Gasteiger partial charge in [0.1, 0.15) is 0 Å². The number of carbonyl (C=O) groups excluding carboxylic acids is 1. The molecule has 1 fully saturated rings. The molecular formula is C16H19FN2O4. The Kier molecular flexibility index (Phi) is 4.90. The molecule has 0 spiro atoms. The van der Waals surface area contributed by atoms with Gasteiger partial charge >= 0.3 is 0 Å². The number of ether oxygens (including phenoxy) is 1. The number of hydrogen-bond donors (Lipinski definition) is 2. The van der Waals surface area contributed by atoms with E-state index in [2.05, 4.69) is 10.2 Å². The van der Waals surface area contributed by atoms with Gasteiger partial charge in [-0.05, 0) is 12.1 Å². The smallest absolute Gasteiger partial charge is 0.287 e. The number of halogens is 1. The second kappa shape index (κ2) is 7.08. The number of nitrogens with one attached hydrogen (secondary N) is 1. The van der Waals surface area contributed by atoms with Crippen molar-refractivity contribution in [3.63, 3.8) is 0 Å². The molecule has 2 heterocycles. The summed E-state index contributed by atoms with van der Waals surface area (Å²) in [7, 11) is 0. The minimum Gasteiger partial charge on any atom is -0.448 e. The predicted molar refractivity (Wildman–Crippen MR) is 81.8 cm³/mol. The van der Waals surface area contributed by atoms with E-state index in [9.17, 15) is 14.3 Å². The molecule has 23 heavy (non-hydrogen) atoms. The number of rotatable bonds is 5. The first-order valence-electron chi connectivity index (χ1n) is 7.58. The molecule has 2 N–H and O–H groups in total. The van der Waals surface area contributed by atoms with E-state index < -0.39 is 17.8 Å². The first-order valence-corrected chi connectivity index (χ1v) is 7.58. The van der Waals surface area contributed by atoms with Crippen molar-refractivity contribution < 1.29 is 23.4 Å². The summed E-state index contributed by atoms with van der Waals surface area (Å²) in [5.41, 5.74) is 0.0616. The van der Waals surface area contributed by atoms with E-state index in [-0.39, 0.29) is 17.9 Å². The number of morpholine rings is 1. The van der Waals surface area contributed by atoms with E-state index in [1.165, 1.54) is 12.1 Å². The highest BCUT2D eigenvalue weighted by Crippen LogP contribution is 2.21. The summed E-state index contributed by atoms with van der Waals surface area (Å²) in [6.45, 7) is 3.43. The highest BCUT2D eigenvalue weighted by Gasteiger charge is 2.18. The van der Waals surface area contributed by atoms with Gasteiger partial charge in [0.25, 0.3) is 5.91 Å². The van der Waals surface area contributed by atoms with Crippen LogP contribution in [0.4, 0.5) is 4.39 Å². The van der Waals surface area contributed by atoms with Gasteiger partial charge in [-0.1, -0.05) is 12.1 Å². The summed E-state index contributed by atoms with van der Waals surface area (Å²) in [6, 6.07) is 5.99. The molecule has 0 aliphatic carbocycles. The van der Waals surface area contributed by atoms with Crippen LogP contribution in [0, 0.1) is 5.82 Å². The zero-order chi connectivity index (χ0) is 16.2. The van der Waals surface area contributed by atoms with E-state index >= 15 is 0 Å². The number of carbonyl (C=O) groups is 1.